The lowest BCUT2D eigenvalue weighted by atomic mass is 10.1. The van der Waals surface area contributed by atoms with Crippen molar-refractivity contribution in [3.8, 4) is 0 Å². The monoisotopic (exact) mass is 387 g/mol. The van der Waals surface area contributed by atoms with Crippen molar-refractivity contribution >= 4 is 17.5 Å². The van der Waals surface area contributed by atoms with E-state index in [1.54, 1.807) is 28.0 Å². The highest BCUT2D eigenvalue weighted by Crippen LogP contribution is 2.20. The molecule has 0 unspecified atom stereocenters. The molecule has 5 heteroatoms. The molecule has 3 aromatic rings. The molecule has 0 atom stereocenters. The fourth-order valence-corrected chi connectivity index (χ4v) is 3.14. The molecule has 0 saturated carbocycles. The van der Waals surface area contributed by atoms with E-state index in [-0.39, 0.29) is 23.2 Å². The van der Waals surface area contributed by atoms with Crippen LogP contribution in [-0.2, 0) is 6.54 Å². The van der Waals surface area contributed by atoms with Gasteiger partial charge >= 0.3 is 0 Å². The van der Waals surface area contributed by atoms with Crippen molar-refractivity contribution in [2.75, 3.05) is 18.0 Å². The van der Waals surface area contributed by atoms with Crippen LogP contribution in [0.3, 0.4) is 0 Å². The van der Waals surface area contributed by atoms with Crippen LogP contribution in [-0.4, -0.2) is 34.8 Å². The second kappa shape index (κ2) is 9.64. The zero-order valence-electron chi connectivity index (χ0n) is 16.8. The summed E-state index contributed by atoms with van der Waals surface area (Å²) in [5.74, 6) is -0.409. The van der Waals surface area contributed by atoms with Crippen molar-refractivity contribution < 1.29 is 9.59 Å². The molecule has 0 aliphatic heterocycles. The van der Waals surface area contributed by atoms with E-state index < -0.39 is 0 Å². The molecule has 0 spiro atoms. The van der Waals surface area contributed by atoms with Crippen LogP contribution in [0.4, 0.5) is 5.69 Å². The van der Waals surface area contributed by atoms with Gasteiger partial charge in [-0.3, -0.25) is 9.59 Å². The van der Waals surface area contributed by atoms with Crippen LogP contribution in [0.1, 0.15) is 40.4 Å². The predicted octanol–water partition coefficient (Wildman–Crippen LogP) is 4.41. The number of hydrogen-bond acceptors (Lipinski definition) is 3. The number of rotatable bonds is 7. The largest absolute Gasteiger partial charge is 0.338 e. The van der Waals surface area contributed by atoms with Crippen LogP contribution in [0.15, 0.2) is 78.9 Å². The molecular formula is C24H25N3O2. The average molecular weight is 387 g/mol. The molecule has 29 heavy (non-hydrogen) atoms. The maximum atomic E-state index is 13.4. The number of hydrogen-bond donors (Lipinski definition) is 0. The Morgan fingerprint density at radius 3 is 1.86 bits per heavy atom. The zero-order valence-corrected chi connectivity index (χ0v) is 16.8. The van der Waals surface area contributed by atoms with Crippen molar-refractivity contribution in [2.45, 2.75) is 20.4 Å². The summed E-state index contributed by atoms with van der Waals surface area (Å²) in [4.78, 5) is 33.8. The second-order valence-corrected chi connectivity index (χ2v) is 6.60. The molecule has 2 amide bonds. The summed E-state index contributed by atoms with van der Waals surface area (Å²) in [5.41, 5.74) is 2.33. The minimum Gasteiger partial charge on any atom is -0.338 e. The first-order valence-electron chi connectivity index (χ1n) is 9.81. The summed E-state index contributed by atoms with van der Waals surface area (Å²) in [6, 6.07) is 24.3. The second-order valence-electron chi connectivity index (χ2n) is 6.60. The lowest BCUT2D eigenvalue weighted by molar-refractivity contribution is 0.0767. The normalized spacial score (nSPS) is 10.4. The van der Waals surface area contributed by atoms with Gasteiger partial charge in [0.25, 0.3) is 11.8 Å². The summed E-state index contributed by atoms with van der Waals surface area (Å²) < 4.78 is 0. The van der Waals surface area contributed by atoms with Crippen LogP contribution < -0.4 is 4.90 Å². The molecule has 5 nitrogen and oxygen atoms in total. The molecule has 0 aliphatic carbocycles. The van der Waals surface area contributed by atoms with E-state index in [9.17, 15) is 9.59 Å². The number of pyridine rings is 1. The van der Waals surface area contributed by atoms with Gasteiger partial charge < -0.3 is 9.80 Å². The third-order valence-corrected chi connectivity index (χ3v) is 4.73. The van der Waals surface area contributed by atoms with Crippen LogP contribution in [0, 0.1) is 0 Å². The molecule has 3 rings (SSSR count). The number of benzene rings is 2. The SMILES string of the molecule is CCN(CC)C(=O)c1cccc(C(=O)N(Cc2ccccc2)c2ccccc2)n1. The maximum absolute atomic E-state index is 13.4. The summed E-state index contributed by atoms with van der Waals surface area (Å²) in [7, 11) is 0. The Bertz CT molecular complexity index is 954. The van der Waals surface area contributed by atoms with Crippen LogP contribution >= 0.6 is 0 Å². The fourth-order valence-electron chi connectivity index (χ4n) is 3.14. The van der Waals surface area contributed by atoms with Gasteiger partial charge in [0.15, 0.2) is 0 Å². The van der Waals surface area contributed by atoms with Crippen LogP contribution in [0.2, 0.25) is 0 Å². The highest BCUT2D eigenvalue weighted by atomic mass is 16.2. The van der Waals surface area contributed by atoms with Gasteiger partial charge in [0, 0.05) is 18.8 Å². The van der Waals surface area contributed by atoms with Crippen molar-refractivity contribution in [3.05, 3.63) is 95.8 Å². The minimum absolute atomic E-state index is 0.168. The van der Waals surface area contributed by atoms with Crippen molar-refractivity contribution in [2.24, 2.45) is 0 Å². The Kier molecular flexibility index (Phi) is 6.74. The van der Waals surface area contributed by atoms with Gasteiger partial charge in [-0.05, 0) is 43.7 Å². The predicted molar refractivity (Wildman–Crippen MR) is 115 cm³/mol. The Hall–Kier alpha value is -3.47. The lowest BCUT2D eigenvalue weighted by Crippen LogP contribution is -2.33. The molecule has 0 aliphatic rings. The van der Waals surface area contributed by atoms with E-state index in [4.69, 9.17) is 0 Å². The van der Waals surface area contributed by atoms with Gasteiger partial charge in [0.05, 0.1) is 6.54 Å². The van der Waals surface area contributed by atoms with Crippen molar-refractivity contribution in [1.82, 2.24) is 9.88 Å². The number of carbonyl (C=O) groups excluding carboxylic acids is 2. The highest BCUT2D eigenvalue weighted by Gasteiger charge is 2.21. The molecule has 148 valence electrons. The fraction of sp³-hybridized carbons (Fsp3) is 0.208. The number of para-hydroxylation sites is 1. The highest BCUT2D eigenvalue weighted by molar-refractivity contribution is 6.05. The molecule has 0 fully saturated rings. The maximum Gasteiger partial charge on any atom is 0.277 e. The zero-order chi connectivity index (χ0) is 20.6. The smallest absolute Gasteiger partial charge is 0.277 e. The van der Waals surface area contributed by atoms with E-state index in [0.29, 0.717) is 19.6 Å². The minimum atomic E-state index is -0.241. The number of amides is 2. The third kappa shape index (κ3) is 4.88. The first kappa shape index (κ1) is 20.3. The Morgan fingerprint density at radius 2 is 1.28 bits per heavy atom. The first-order chi connectivity index (χ1) is 14.1. The number of nitrogens with zero attached hydrogens (tertiary/aromatic N) is 3. The molecule has 0 saturated heterocycles. The quantitative estimate of drug-likeness (QED) is 0.603. The van der Waals surface area contributed by atoms with E-state index in [0.717, 1.165) is 11.3 Å². The molecule has 2 aromatic carbocycles. The first-order valence-corrected chi connectivity index (χ1v) is 9.81. The number of aromatic nitrogens is 1. The average Bonchev–Trinajstić information content (AvgIpc) is 2.79. The third-order valence-electron chi connectivity index (χ3n) is 4.73. The number of anilines is 1. The van der Waals surface area contributed by atoms with Gasteiger partial charge in [0.1, 0.15) is 11.4 Å². The lowest BCUT2D eigenvalue weighted by Gasteiger charge is -2.23. The molecule has 0 N–H and O–H groups in total. The summed E-state index contributed by atoms with van der Waals surface area (Å²) >= 11 is 0. The summed E-state index contributed by atoms with van der Waals surface area (Å²) in [5, 5.41) is 0. The Balaban J connectivity index is 1.94. The number of carbonyl (C=O) groups is 2. The standard InChI is InChI=1S/C24H25N3O2/c1-3-26(4-2)23(28)21-16-11-17-22(25-21)24(29)27(20-14-9-6-10-15-20)18-19-12-7-5-8-13-19/h5-17H,3-4,18H2,1-2H3. The van der Waals surface area contributed by atoms with Crippen molar-refractivity contribution in [3.63, 3.8) is 0 Å². The topological polar surface area (TPSA) is 53.5 Å². The van der Waals surface area contributed by atoms with E-state index in [2.05, 4.69) is 4.98 Å². The molecule has 0 radical (unpaired) electrons. The van der Waals surface area contributed by atoms with Gasteiger partial charge in [0.2, 0.25) is 0 Å². The van der Waals surface area contributed by atoms with Crippen LogP contribution in [0.25, 0.3) is 0 Å². The molecule has 1 aromatic heterocycles. The molecular weight excluding hydrogens is 362 g/mol. The summed E-state index contributed by atoms with van der Waals surface area (Å²) in [6.45, 7) is 5.46. The van der Waals surface area contributed by atoms with E-state index in [1.165, 1.54) is 0 Å². The van der Waals surface area contributed by atoms with Gasteiger partial charge in [-0.25, -0.2) is 4.98 Å². The van der Waals surface area contributed by atoms with Crippen molar-refractivity contribution in [1.29, 1.82) is 0 Å². The van der Waals surface area contributed by atoms with E-state index in [1.807, 2.05) is 74.5 Å². The Labute approximate surface area is 171 Å². The van der Waals surface area contributed by atoms with Crippen LogP contribution in [0.5, 0.6) is 0 Å². The molecule has 0 bridgehead atoms. The van der Waals surface area contributed by atoms with Gasteiger partial charge in [-0.1, -0.05) is 54.6 Å². The Morgan fingerprint density at radius 1 is 0.724 bits per heavy atom. The van der Waals surface area contributed by atoms with Gasteiger partial charge in [-0.15, -0.1) is 0 Å². The van der Waals surface area contributed by atoms with Gasteiger partial charge in [-0.2, -0.15) is 0 Å². The summed E-state index contributed by atoms with van der Waals surface area (Å²) in [6.07, 6.45) is 0. The van der Waals surface area contributed by atoms with E-state index >= 15 is 0 Å². The molecule has 1 heterocycles.